The van der Waals surface area contributed by atoms with Gasteiger partial charge >= 0.3 is 0 Å². The third kappa shape index (κ3) is 5.17. The number of carbonyl (C=O) groups excluding carboxylic acids is 1. The van der Waals surface area contributed by atoms with Gasteiger partial charge < -0.3 is 24.9 Å². The molecule has 1 aliphatic heterocycles. The van der Waals surface area contributed by atoms with Gasteiger partial charge in [0.05, 0.1) is 40.8 Å². The number of ketones is 1. The molecule has 186 valence electrons. The summed E-state index contributed by atoms with van der Waals surface area (Å²) < 4.78 is 11.6. The molecular formula is C26H24Cl2N4O4. The Morgan fingerprint density at radius 2 is 2.00 bits per heavy atom. The van der Waals surface area contributed by atoms with Gasteiger partial charge in [0, 0.05) is 22.8 Å². The number of fused-ring (bicyclic) bond motifs is 1. The number of nitrogens with zero attached hydrogens (tertiary/aromatic N) is 2. The fourth-order valence-corrected chi connectivity index (χ4v) is 4.70. The lowest BCUT2D eigenvalue weighted by atomic mass is 10.0. The molecule has 1 fully saturated rings. The largest absolute Gasteiger partial charge is 0.457 e. The first-order chi connectivity index (χ1) is 17.4. The fraction of sp³-hybridized carbons (Fsp3) is 0.269. The zero-order chi connectivity index (χ0) is 25.2. The first-order valence-corrected chi connectivity index (χ1v) is 12.3. The highest BCUT2D eigenvalue weighted by Gasteiger charge is 2.27. The van der Waals surface area contributed by atoms with Crippen molar-refractivity contribution >= 4 is 45.8 Å². The van der Waals surface area contributed by atoms with E-state index in [9.17, 15) is 9.90 Å². The highest BCUT2D eigenvalue weighted by Crippen LogP contribution is 2.32. The van der Waals surface area contributed by atoms with Crippen LogP contribution in [-0.2, 0) is 4.74 Å². The van der Waals surface area contributed by atoms with Crippen molar-refractivity contribution in [3.05, 3.63) is 76.2 Å². The van der Waals surface area contributed by atoms with E-state index in [1.807, 2.05) is 0 Å². The Morgan fingerprint density at radius 1 is 1.17 bits per heavy atom. The smallest absolute Gasteiger partial charge is 0.196 e. The molecule has 3 heterocycles. The average molecular weight is 527 g/mol. The van der Waals surface area contributed by atoms with E-state index in [1.165, 1.54) is 6.33 Å². The maximum absolute atomic E-state index is 13.5. The fourth-order valence-electron chi connectivity index (χ4n) is 4.27. The predicted octanol–water partition coefficient (Wildman–Crippen LogP) is 5.63. The maximum atomic E-state index is 13.5. The number of carbonyl (C=O) groups is 1. The molecule has 3 N–H and O–H groups in total. The Labute approximate surface area is 217 Å². The molecule has 0 unspecified atom stereocenters. The molecular weight excluding hydrogens is 503 g/mol. The number of hydrogen-bond acceptors (Lipinski definition) is 7. The van der Waals surface area contributed by atoms with Crippen molar-refractivity contribution in [1.29, 1.82) is 0 Å². The third-order valence-electron chi connectivity index (χ3n) is 6.12. The van der Waals surface area contributed by atoms with Crippen LogP contribution in [0.4, 0.5) is 5.82 Å². The van der Waals surface area contributed by atoms with E-state index in [4.69, 9.17) is 32.7 Å². The molecule has 0 amide bonds. The van der Waals surface area contributed by atoms with E-state index in [2.05, 4.69) is 20.3 Å². The molecule has 0 radical (unpaired) electrons. The summed E-state index contributed by atoms with van der Waals surface area (Å²) in [5.41, 5.74) is 1.26. The highest BCUT2D eigenvalue weighted by atomic mass is 35.5. The summed E-state index contributed by atoms with van der Waals surface area (Å²) in [6.45, 7) is 2.15. The van der Waals surface area contributed by atoms with Crippen molar-refractivity contribution in [1.82, 2.24) is 15.0 Å². The van der Waals surface area contributed by atoms with Crippen molar-refractivity contribution in [2.24, 2.45) is 0 Å². The van der Waals surface area contributed by atoms with Crippen LogP contribution in [0.5, 0.6) is 11.5 Å². The monoisotopic (exact) mass is 526 g/mol. The first kappa shape index (κ1) is 24.5. The van der Waals surface area contributed by atoms with E-state index in [1.54, 1.807) is 55.6 Å². The Morgan fingerprint density at radius 3 is 2.72 bits per heavy atom. The number of nitrogens with one attached hydrogen (secondary N) is 2. The summed E-state index contributed by atoms with van der Waals surface area (Å²) in [5, 5.41) is 14.5. The van der Waals surface area contributed by atoms with Gasteiger partial charge in [-0.25, -0.2) is 9.97 Å². The van der Waals surface area contributed by atoms with Gasteiger partial charge in [-0.05, 0) is 50.1 Å². The molecule has 2 aromatic carbocycles. The Hall–Kier alpha value is -3.17. The maximum Gasteiger partial charge on any atom is 0.196 e. The van der Waals surface area contributed by atoms with Crippen molar-refractivity contribution in [2.45, 2.75) is 38.0 Å². The van der Waals surface area contributed by atoms with Gasteiger partial charge in [0.15, 0.2) is 5.78 Å². The summed E-state index contributed by atoms with van der Waals surface area (Å²) in [5.74, 6) is 1.31. The number of aliphatic hydroxyl groups is 1. The number of benzene rings is 2. The molecule has 0 spiro atoms. The van der Waals surface area contributed by atoms with Crippen molar-refractivity contribution in [2.75, 3.05) is 11.9 Å². The molecule has 8 nitrogen and oxygen atoms in total. The quantitative estimate of drug-likeness (QED) is 0.267. The van der Waals surface area contributed by atoms with Gasteiger partial charge in [-0.15, -0.1) is 0 Å². The van der Waals surface area contributed by atoms with Crippen LogP contribution in [0.3, 0.4) is 0 Å². The molecule has 3 atom stereocenters. The molecule has 1 saturated heterocycles. The Balaban J connectivity index is 1.38. The lowest BCUT2D eigenvalue weighted by molar-refractivity contribution is -0.0584. The minimum absolute atomic E-state index is 0.0116. The van der Waals surface area contributed by atoms with Crippen LogP contribution in [0.1, 0.15) is 35.7 Å². The van der Waals surface area contributed by atoms with Gasteiger partial charge in [0.25, 0.3) is 0 Å². The lowest BCUT2D eigenvalue weighted by Gasteiger charge is -2.31. The molecule has 10 heteroatoms. The zero-order valence-corrected chi connectivity index (χ0v) is 20.9. The van der Waals surface area contributed by atoms with Crippen LogP contribution in [0, 0.1) is 0 Å². The van der Waals surface area contributed by atoms with Crippen molar-refractivity contribution in [3.63, 3.8) is 0 Å². The van der Waals surface area contributed by atoms with Crippen molar-refractivity contribution in [3.8, 4) is 11.5 Å². The number of aromatic nitrogens is 3. The lowest BCUT2D eigenvalue weighted by Crippen LogP contribution is -2.39. The van der Waals surface area contributed by atoms with E-state index in [0.717, 1.165) is 12.8 Å². The minimum Gasteiger partial charge on any atom is -0.457 e. The zero-order valence-electron chi connectivity index (χ0n) is 19.4. The molecule has 2 aromatic heterocycles. The standard InChI is InChI=1S/C26H24Cl2N4O4/c1-14(33)22-8-5-16(12-35-22)32-26-23-20(11-29-25(23)30-13-31-26)24(34)19-7-6-18(10-21(19)28)36-17-4-2-3-15(27)9-17/h2-4,6-7,9-11,13-14,16,22,33H,5,8,12H2,1H3,(H2,29,30,31,32)/t14-,16-,22+/m1/s1. The average Bonchev–Trinajstić information content (AvgIpc) is 3.29. The van der Waals surface area contributed by atoms with Crippen LogP contribution >= 0.6 is 23.2 Å². The van der Waals surface area contributed by atoms with E-state index in [-0.39, 0.29) is 23.0 Å². The van der Waals surface area contributed by atoms with E-state index >= 15 is 0 Å². The highest BCUT2D eigenvalue weighted by molar-refractivity contribution is 6.35. The number of anilines is 1. The summed E-state index contributed by atoms with van der Waals surface area (Å²) >= 11 is 12.5. The number of aliphatic hydroxyl groups excluding tert-OH is 1. The van der Waals surface area contributed by atoms with Crippen LogP contribution < -0.4 is 10.1 Å². The minimum atomic E-state index is -0.516. The Bertz CT molecular complexity index is 1400. The first-order valence-electron chi connectivity index (χ1n) is 11.5. The van der Waals surface area contributed by atoms with Gasteiger partial charge in [-0.1, -0.05) is 29.3 Å². The van der Waals surface area contributed by atoms with Crippen molar-refractivity contribution < 1.29 is 19.4 Å². The number of H-pyrrole nitrogens is 1. The third-order valence-corrected chi connectivity index (χ3v) is 6.67. The van der Waals surface area contributed by atoms with Crippen LogP contribution in [0.25, 0.3) is 11.0 Å². The van der Waals surface area contributed by atoms with Gasteiger partial charge in [-0.2, -0.15) is 0 Å². The summed E-state index contributed by atoms with van der Waals surface area (Å²) in [7, 11) is 0. The second-order valence-electron chi connectivity index (χ2n) is 8.71. The second-order valence-corrected chi connectivity index (χ2v) is 9.55. The number of ether oxygens (including phenoxy) is 2. The molecule has 1 aliphatic rings. The van der Waals surface area contributed by atoms with Crippen LogP contribution in [0.2, 0.25) is 10.0 Å². The van der Waals surface area contributed by atoms with Crippen LogP contribution in [-0.4, -0.2) is 50.7 Å². The normalized spacial score (nSPS) is 18.7. The summed E-state index contributed by atoms with van der Waals surface area (Å²) in [4.78, 5) is 25.2. The predicted molar refractivity (Wildman–Crippen MR) is 138 cm³/mol. The topological polar surface area (TPSA) is 109 Å². The van der Waals surface area contributed by atoms with Gasteiger partial charge in [0.1, 0.15) is 29.3 Å². The molecule has 4 aromatic rings. The van der Waals surface area contributed by atoms with E-state index in [0.29, 0.717) is 51.1 Å². The summed E-state index contributed by atoms with van der Waals surface area (Å²) in [6.07, 6.45) is 3.88. The molecule has 0 saturated carbocycles. The van der Waals surface area contributed by atoms with Gasteiger partial charge in [-0.3, -0.25) is 4.79 Å². The number of hydrogen-bond donors (Lipinski definition) is 3. The molecule has 0 aliphatic carbocycles. The SMILES string of the molecule is C[C@@H](O)[C@@H]1CC[C@@H](Nc2ncnc3[nH]cc(C(=O)c4ccc(Oc5cccc(Cl)c5)cc4Cl)c23)CO1. The van der Waals surface area contributed by atoms with Crippen LogP contribution in [0.15, 0.2) is 55.0 Å². The molecule has 36 heavy (non-hydrogen) atoms. The summed E-state index contributed by atoms with van der Waals surface area (Å²) in [6, 6.07) is 11.9. The molecule has 0 bridgehead atoms. The molecule has 5 rings (SSSR count). The Kier molecular flexibility index (Phi) is 7.11. The number of aromatic amines is 1. The number of rotatable bonds is 7. The van der Waals surface area contributed by atoms with E-state index < -0.39 is 6.10 Å². The second kappa shape index (κ2) is 10.4. The number of halogens is 2. The van der Waals surface area contributed by atoms with Gasteiger partial charge in [0.2, 0.25) is 0 Å².